The van der Waals surface area contributed by atoms with E-state index >= 15 is 0 Å². The molecule has 0 aromatic rings. The zero-order valence-electron chi connectivity index (χ0n) is 8.74. The van der Waals surface area contributed by atoms with Crippen molar-refractivity contribution in [2.24, 2.45) is 17.8 Å². The van der Waals surface area contributed by atoms with E-state index in [-0.39, 0.29) is 0 Å². The molecule has 76 valence electrons. The molecule has 0 aromatic carbocycles. The number of hydrogen-bond acceptors (Lipinski definition) is 2. The lowest BCUT2D eigenvalue weighted by atomic mass is 9.88. The van der Waals surface area contributed by atoms with Gasteiger partial charge in [-0.3, -0.25) is 4.31 Å². The molecule has 2 rings (SSSR count). The van der Waals surface area contributed by atoms with Crippen molar-refractivity contribution in [3.8, 4) is 0 Å². The Morgan fingerprint density at radius 3 is 2.54 bits per heavy atom. The predicted octanol–water partition coefficient (Wildman–Crippen LogP) is 2.98. The Morgan fingerprint density at radius 1 is 1.38 bits per heavy atom. The second-order valence-corrected chi connectivity index (χ2v) is 5.52. The first-order valence-electron chi connectivity index (χ1n) is 5.64. The Kier molecular flexibility index (Phi) is 2.89. The number of hydrogen-bond donors (Lipinski definition) is 1. The average molecular weight is 199 g/mol. The molecule has 2 fully saturated rings. The first-order chi connectivity index (χ1) is 6.18. The molecule has 3 atom stereocenters. The molecule has 2 aliphatic rings. The molecule has 0 N–H and O–H groups in total. The molecule has 2 unspecified atom stereocenters. The summed E-state index contributed by atoms with van der Waals surface area (Å²) in [5.74, 6) is 2.95. The molecule has 1 aliphatic heterocycles. The molecular formula is C11H21NS. The molecule has 0 aromatic heterocycles. The Morgan fingerprint density at radius 2 is 2.08 bits per heavy atom. The van der Waals surface area contributed by atoms with Crippen LogP contribution in [-0.2, 0) is 0 Å². The highest BCUT2D eigenvalue weighted by molar-refractivity contribution is 7.77. The lowest BCUT2D eigenvalue weighted by Gasteiger charge is -2.22. The smallest absolute Gasteiger partial charge is 0.0200 e. The molecule has 0 amide bonds. The molecule has 1 saturated heterocycles. The van der Waals surface area contributed by atoms with Crippen molar-refractivity contribution < 1.29 is 0 Å². The minimum Gasteiger partial charge on any atom is -0.250 e. The highest BCUT2D eigenvalue weighted by Gasteiger charge is 2.34. The third-order valence-electron chi connectivity index (χ3n) is 3.98. The predicted molar refractivity (Wildman–Crippen MR) is 59.8 cm³/mol. The van der Waals surface area contributed by atoms with Crippen molar-refractivity contribution in [1.29, 1.82) is 0 Å². The van der Waals surface area contributed by atoms with Gasteiger partial charge in [-0.15, -0.1) is 0 Å². The van der Waals surface area contributed by atoms with Crippen molar-refractivity contribution in [2.45, 2.75) is 45.6 Å². The first kappa shape index (κ1) is 9.85. The van der Waals surface area contributed by atoms with Crippen LogP contribution in [0, 0.1) is 17.8 Å². The summed E-state index contributed by atoms with van der Waals surface area (Å²) in [5.41, 5.74) is 0. The zero-order chi connectivity index (χ0) is 9.42. The van der Waals surface area contributed by atoms with E-state index in [0.717, 1.165) is 17.8 Å². The number of rotatable bonds is 3. The van der Waals surface area contributed by atoms with Crippen LogP contribution >= 0.6 is 12.8 Å². The molecule has 1 saturated carbocycles. The fourth-order valence-electron chi connectivity index (χ4n) is 2.64. The maximum Gasteiger partial charge on any atom is 0.0200 e. The van der Waals surface area contributed by atoms with Crippen LogP contribution in [0.1, 0.15) is 39.5 Å². The molecule has 1 nitrogen and oxygen atoms in total. The van der Waals surface area contributed by atoms with Crippen molar-refractivity contribution >= 4 is 12.8 Å². The van der Waals surface area contributed by atoms with Crippen molar-refractivity contribution in [3.63, 3.8) is 0 Å². The van der Waals surface area contributed by atoms with E-state index in [1.807, 2.05) is 0 Å². The van der Waals surface area contributed by atoms with Gasteiger partial charge in [0, 0.05) is 12.6 Å². The fourth-order valence-corrected chi connectivity index (χ4v) is 2.94. The van der Waals surface area contributed by atoms with Gasteiger partial charge in [0.25, 0.3) is 0 Å². The molecule has 1 heterocycles. The molecule has 0 bridgehead atoms. The zero-order valence-corrected chi connectivity index (χ0v) is 9.63. The topological polar surface area (TPSA) is 3.24 Å². The molecule has 13 heavy (non-hydrogen) atoms. The van der Waals surface area contributed by atoms with E-state index < -0.39 is 0 Å². The largest absolute Gasteiger partial charge is 0.250 e. The molecular weight excluding hydrogens is 178 g/mol. The van der Waals surface area contributed by atoms with E-state index in [4.69, 9.17) is 0 Å². The summed E-state index contributed by atoms with van der Waals surface area (Å²) < 4.78 is 2.21. The third kappa shape index (κ3) is 2.21. The maximum absolute atomic E-state index is 4.47. The second kappa shape index (κ2) is 3.82. The fraction of sp³-hybridized carbons (Fsp3) is 1.00. The van der Waals surface area contributed by atoms with Crippen LogP contribution in [0.25, 0.3) is 0 Å². The Hall–Kier alpha value is 0.310. The van der Waals surface area contributed by atoms with E-state index in [0.29, 0.717) is 6.04 Å². The summed E-state index contributed by atoms with van der Waals surface area (Å²) >= 11 is 4.47. The summed E-state index contributed by atoms with van der Waals surface area (Å²) in [6.07, 6.45) is 5.78. The highest BCUT2D eigenvalue weighted by atomic mass is 32.1. The highest BCUT2D eigenvalue weighted by Crippen LogP contribution is 2.42. The minimum absolute atomic E-state index is 0.699. The van der Waals surface area contributed by atoms with Gasteiger partial charge in [0.1, 0.15) is 0 Å². The second-order valence-electron chi connectivity index (χ2n) is 5.00. The van der Waals surface area contributed by atoms with Crippen LogP contribution in [0.2, 0.25) is 0 Å². The average Bonchev–Trinajstić information content (AvgIpc) is 2.89. The van der Waals surface area contributed by atoms with Gasteiger partial charge < -0.3 is 0 Å². The van der Waals surface area contributed by atoms with Gasteiger partial charge in [0.05, 0.1) is 0 Å². The van der Waals surface area contributed by atoms with E-state index in [2.05, 4.69) is 31.0 Å². The van der Waals surface area contributed by atoms with Crippen LogP contribution in [-0.4, -0.2) is 16.9 Å². The molecule has 0 radical (unpaired) electrons. The van der Waals surface area contributed by atoms with Crippen LogP contribution < -0.4 is 0 Å². The van der Waals surface area contributed by atoms with E-state index in [1.54, 1.807) is 0 Å². The van der Waals surface area contributed by atoms with Gasteiger partial charge in [-0.2, -0.15) is 0 Å². The van der Waals surface area contributed by atoms with Crippen LogP contribution in [0.15, 0.2) is 0 Å². The summed E-state index contributed by atoms with van der Waals surface area (Å²) in [7, 11) is 0. The van der Waals surface area contributed by atoms with Gasteiger partial charge in [-0.1, -0.05) is 19.7 Å². The van der Waals surface area contributed by atoms with Crippen molar-refractivity contribution in [3.05, 3.63) is 0 Å². The Bertz CT molecular complexity index is 179. The maximum atomic E-state index is 4.47. The number of nitrogens with zero attached hydrogens (tertiary/aromatic N) is 1. The van der Waals surface area contributed by atoms with Crippen LogP contribution in [0.3, 0.4) is 0 Å². The summed E-state index contributed by atoms with van der Waals surface area (Å²) in [4.78, 5) is 0. The molecule has 2 heteroatoms. The quantitative estimate of drug-likeness (QED) is 0.684. The lowest BCUT2D eigenvalue weighted by molar-refractivity contribution is 0.313. The summed E-state index contributed by atoms with van der Waals surface area (Å²) in [6, 6.07) is 0.699. The van der Waals surface area contributed by atoms with Gasteiger partial charge in [-0.25, -0.2) is 0 Å². The number of thiol groups is 1. The van der Waals surface area contributed by atoms with E-state index in [9.17, 15) is 0 Å². The van der Waals surface area contributed by atoms with Crippen molar-refractivity contribution in [2.75, 3.05) is 6.54 Å². The summed E-state index contributed by atoms with van der Waals surface area (Å²) in [6.45, 7) is 5.95. The summed E-state index contributed by atoms with van der Waals surface area (Å²) in [5, 5.41) is 0. The Labute approximate surface area is 87.4 Å². The van der Waals surface area contributed by atoms with Gasteiger partial charge in [0.2, 0.25) is 0 Å². The monoisotopic (exact) mass is 199 g/mol. The van der Waals surface area contributed by atoms with Crippen LogP contribution in [0.5, 0.6) is 0 Å². The third-order valence-corrected chi connectivity index (χ3v) is 4.55. The normalized spacial score (nSPS) is 38.1. The lowest BCUT2D eigenvalue weighted by Crippen LogP contribution is -2.23. The molecule has 0 spiro atoms. The van der Waals surface area contributed by atoms with Crippen LogP contribution in [0.4, 0.5) is 0 Å². The van der Waals surface area contributed by atoms with Gasteiger partial charge in [0.15, 0.2) is 0 Å². The minimum atomic E-state index is 0.699. The standard InChI is InChI=1S/C11H21NS/c1-8(10-3-4-10)7-11-5-6-12(13)9(11)2/h8-11,13H,3-7H2,1-2H3/t8?,9-,11?/m1/s1. The van der Waals surface area contributed by atoms with Gasteiger partial charge in [-0.05, 0) is 50.4 Å². The SMILES string of the molecule is CC(CC1CCN(S)[C@@H]1C)C1CC1. The van der Waals surface area contributed by atoms with E-state index in [1.165, 1.54) is 32.2 Å². The Balaban J connectivity index is 1.80. The first-order valence-corrected chi connectivity index (χ1v) is 6.04. The molecule has 1 aliphatic carbocycles. The van der Waals surface area contributed by atoms with Gasteiger partial charge >= 0.3 is 0 Å². The van der Waals surface area contributed by atoms with Crippen molar-refractivity contribution in [1.82, 2.24) is 4.31 Å².